The zero-order valence-corrected chi connectivity index (χ0v) is 16.8. The lowest BCUT2D eigenvalue weighted by Crippen LogP contribution is -2.41. The second kappa shape index (κ2) is 11.1. The van der Waals surface area contributed by atoms with Crippen molar-refractivity contribution in [3.05, 3.63) is 53.5 Å². The van der Waals surface area contributed by atoms with Crippen molar-refractivity contribution in [1.29, 1.82) is 0 Å². The molecule has 0 aliphatic carbocycles. The van der Waals surface area contributed by atoms with Crippen LogP contribution < -0.4 is 20.7 Å². The molecule has 7 nitrogen and oxygen atoms in total. The predicted octanol–water partition coefficient (Wildman–Crippen LogP) is 3.01. The first-order valence-electron chi connectivity index (χ1n) is 9.41. The Hall–Kier alpha value is -3.17. The second-order valence-electron chi connectivity index (χ2n) is 6.37. The third-order valence-corrected chi connectivity index (χ3v) is 3.81. The number of benzene rings is 1. The van der Waals surface area contributed by atoms with Gasteiger partial charge in [0.1, 0.15) is 5.75 Å². The molecule has 1 heterocycles. The largest absolute Gasteiger partial charge is 0.484 e. The first kappa shape index (κ1) is 23.1. The Bertz CT molecular complexity index is 836. The van der Waals surface area contributed by atoms with Crippen molar-refractivity contribution in [3.8, 4) is 5.75 Å². The molecule has 0 bridgehead atoms. The minimum absolute atomic E-state index is 0.127. The minimum atomic E-state index is -4.42. The van der Waals surface area contributed by atoms with Gasteiger partial charge < -0.3 is 25.1 Å². The number of alkyl halides is 3. The molecule has 0 fully saturated rings. The lowest BCUT2D eigenvalue weighted by Gasteiger charge is -2.14. The number of nitrogens with zero attached hydrogens (tertiary/aromatic N) is 1. The number of hydrogen-bond donors (Lipinski definition) is 3. The molecule has 164 valence electrons. The van der Waals surface area contributed by atoms with Gasteiger partial charge in [-0.2, -0.15) is 13.2 Å². The highest BCUT2D eigenvalue weighted by Gasteiger charge is 2.28. The van der Waals surface area contributed by atoms with Crippen LogP contribution in [0.15, 0.2) is 46.0 Å². The van der Waals surface area contributed by atoms with E-state index in [0.29, 0.717) is 31.2 Å². The number of ether oxygens (including phenoxy) is 1. The number of furan rings is 1. The number of rotatable bonds is 9. The summed E-state index contributed by atoms with van der Waals surface area (Å²) in [5, 5.41) is 8.79. The Labute approximate surface area is 172 Å². The van der Waals surface area contributed by atoms with E-state index in [1.165, 1.54) is 6.26 Å². The van der Waals surface area contributed by atoms with Crippen molar-refractivity contribution in [3.63, 3.8) is 0 Å². The van der Waals surface area contributed by atoms with E-state index in [1.54, 1.807) is 37.3 Å². The highest BCUT2D eigenvalue weighted by atomic mass is 19.4. The van der Waals surface area contributed by atoms with Gasteiger partial charge in [-0.3, -0.25) is 4.79 Å². The average Bonchev–Trinajstić information content (AvgIpc) is 3.22. The van der Waals surface area contributed by atoms with E-state index in [4.69, 9.17) is 9.15 Å². The van der Waals surface area contributed by atoms with E-state index >= 15 is 0 Å². The van der Waals surface area contributed by atoms with E-state index in [2.05, 4.69) is 20.9 Å². The number of amides is 1. The molecule has 0 aliphatic rings. The second-order valence-corrected chi connectivity index (χ2v) is 6.37. The van der Waals surface area contributed by atoms with Crippen LogP contribution in [0.2, 0.25) is 0 Å². The summed E-state index contributed by atoms with van der Waals surface area (Å²) in [6.45, 7) is 3.74. The number of halogens is 3. The van der Waals surface area contributed by atoms with Crippen LogP contribution in [-0.4, -0.2) is 44.3 Å². The van der Waals surface area contributed by atoms with Crippen molar-refractivity contribution in [2.75, 3.05) is 26.2 Å². The summed E-state index contributed by atoms with van der Waals surface area (Å²) in [7, 11) is 0. The quantitative estimate of drug-likeness (QED) is 0.326. The zero-order chi connectivity index (χ0) is 22.0. The van der Waals surface area contributed by atoms with Crippen LogP contribution in [0.25, 0.3) is 0 Å². The molecular formula is C20H25F3N4O3. The monoisotopic (exact) mass is 426 g/mol. The van der Waals surface area contributed by atoms with Crippen molar-refractivity contribution in [2.24, 2.45) is 4.99 Å². The molecule has 10 heteroatoms. The maximum Gasteiger partial charge on any atom is 0.422 e. The molecule has 1 aromatic heterocycles. The van der Waals surface area contributed by atoms with Crippen LogP contribution in [0, 0.1) is 6.92 Å². The molecule has 0 spiro atoms. The van der Waals surface area contributed by atoms with Gasteiger partial charge in [0.25, 0.3) is 5.91 Å². The predicted molar refractivity (Wildman–Crippen MR) is 107 cm³/mol. The van der Waals surface area contributed by atoms with Crippen LogP contribution >= 0.6 is 0 Å². The van der Waals surface area contributed by atoms with Gasteiger partial charge in [0.15, 0.2) is 18.3 Å². The van der Waals surface area contributed by atoms with Crippen LogP contribution in [0.4, 0.5) is 13.2 Å². The van der Waals surface area contributed by atoms with Gasteiger partial charge in [-0.1, -0.05) is 12.1 Å². The Kier molecular flexibility index (Phi) is 8.57. The summed E-state index contributed by atoms with van der Waals surface area (Å²) in [5.41, 5.74) is 1.32. The SMILES string of the molecule is CCNC(=NCc1ccc(C)cc1OCC(F)(F)F)NCCNC(=O)c1ccco1. The van der Waals surface area contributed by atoms with Crippen LogP contribution in [0.3, 0.4) is 0 Å². The minimum Gasteiger partial charge on any atom is -0.484 e. The van der Waals surface area contributed by atoms with E-state index in [-0.39, 0.29) is 24.0 Å². The lowest BCUT2D eigenvalue weighted by atomic mass is 10.1. The molecule has 0 saturated carbocycles. The third-order valence-electron chi connectivity index (χ3n) is 3.81. The van der Waals surface area contributed by atoms with Gasteiger partial charge in [-0.05, 0) is 37.6 Å². The van der Waals surface area contributed by atoms with Gasteiger partial charge in [0.2, 0.25) is 0 Å². The number of carbonyl (C=O) groups excluding carboxylic acids is 1. The fourth-order valence-electron chi connectivity index (χ4n) is 2.44. The standard InChI is InChI=1S/C20H25F3N4O3/c1-3-24-19(26-9-8-25-18(28)16-5-4-10-29-16)27-12-15-7-6-14(2)11-17(15)30-13-20(21,22)23/h4-7,10-11H,3,8-9,12-13H2,1-2H3,(H,25,28)(H2,24,26,27). The molecule has 2 aromatic rings. The molecule has 0 saturated heterocycles. The Morgan fingerprint density at radius 3 is 2.60 bits per heavy atom. The van der Waals surface area contributed by atoms with E-state index < -0.39 is 12.8 Å². The van der Waals surface area contributed by atoms with Crippen LogP contribution in [-0.2, 0) is 6.54 Å². The van der Waals surface area contributed by atoms with Gasteiger partial charge in [0, 0.05) is 25.2 Å². The van der Waals surface area contributed by atoms with Crippen molar-refractivity contribution < 1.29 is 27.1 Å². The number of hydrogen-bond acceptors (Lipinski definition) is 4. The normalized spacial score (nSPS) is 11.8. The van der Waals surface area contributed by atoms with E-state index in [1.807, 2.05) is 6.92 Å². The molecule has 0 radical (unpaired) electrons. The molecular weight excluding hydrogens is 401 g/mol. The average molecular weight is 426 g/mol. The molecule has 3 N–H and O–H groups in total. The van der Waals surface area contributed by atoms with Crippen molar-refractivity contribution in [1.82, 2.24) is 16.0 Å². The molecule has 0 atom stereocenters. The maximum absolute atomic E-state index is 12.5. The summed E-state index contributed by atoms with van der Waals surface area (Å²) in [6.07, 6.45) is -3.00. The number of aliphatic imine (C=N–C) groups is 1. The fourth-order valence-corrected chi connectivity index (χ4v) is 2.44. The van der Waals surface area contributed by atoms with Gasteiger partial charge in [-0.15, -0.1) is 0 Å². The zero-order valence-electron chi connectivity index (χ0n) is 16.8. The smallest absolute Gasteiger partial charge is 0.422 e. The summed E-state index contributed by atoms with van der Waals surface area (Å²) >= 11 is 0. The van der Waals surface area contributed by atoms with Gasteiger partial charge in [-0.25, -0.2) is 4.99 Å². The molecule has 2 rings (SSSR count). The molecule has 0 unspecified atom stereocenters. The summed E-state index contributed by atoms with van der Waals surface area (Å²) in [4.78, 5) is 16.2. The van der Waals surface area contributed by atoms with Gasteiger partial charge >= 0.3 is 6.18 Å². The lowest BCUT2D eigenvalue weighted by molar-refractivity contribution is -0.153. The topological polar surface area (TPSA) is 87.9 Å². The van der Waals surface area contributed by atoms with Crippen LogP contribution in [0.1, 0.15) is 28.6 Å². The fraction of sp³-hybridized carbons (Fsp3) is 0.400. The number of carbonyl (C=O) groups is 1. The number of aryl methyl sites for hydroxylation is 1. The van der Waals surface area contributed by atoms with Gasteiger partial charge in [0.05, 0.1) is 12.8 Å². The Morgan fingerprint density at radius 2 is 1.93 bits per heavy atom. The number of guanidine groups is 1. The Morgan fingerprint density at radius 1 is 1.17 bits per heavy atom. The molecule has 30 heavy (non-hydrogen) atoms. The molecule has 0 aliphatic heterocycles. The summed E-state index contributed by atoms with van der Waals surface area (Å²) in [6, 6.07) is 8.23. The summed E-state index contributed by atoms with van der Waals surface area (Å²) < 4.78 is 47.5. The van der Waals surface area contributed by atoms with Crippen molar-refractivity contribution >= 4 is 11.9 Å². The summed E-state index contributed by atoms with van der Waals surface area (Å²) in [5.74, 6) is 0.515. The highest BCUT2D eigenvalue weighted by molar-refractivity contribution is 5.91. The van der Waals surface area contributed by atoms with E-state index in [0.717, 1.165) is 5.56 Å². The molecule has 1 amide bonds. The van der Waals surface area contributed by atoms with E-state index in [9.17, 15) is 18.0 Å². The first-order valence-corrected chi connectivity index (χ1v) is 9.41. The van der Waals surface area contributed by atoms with Crippen molar-refractivity contribution in [2.45, 2.75) is 26.6 Å². The highest BCUT2D eigenvalue weighted by Crippen LogP contribution is 2.24. The number of nitrogens with one attached hydrogen (secondary N) is 3. The Balaban J connectivity index is 1.92. The maximum atomic E-state index is 12.5. The third kappa shape index (κ3) is 8.06. The first-order chi connectivity index (χ1) is 14.3. The molecule has 1 aromatic carbocycles. The van der Waals surface area contributed by atoms with Crippen LogP contribution in [0.5, 0.6) is 5.75 Å².